The summed E-state index contributed by atoms with van der Waals surface area (Å²) in [5.74, 6) is 0.503. The molecule has 0 bridgehead atoms. The quantitative estimate of drug-likeness (QED) is 0.350. The Bertz CT molecular complexity index is 664. The molecular weight excluding hydrogens is 462 g/mol. The lowest BCUT2D eigenvalue weighted by Crippen LogP contribution is -2.60. The zero-order chi connectivity index (χ0) is 26.6. The number of hydrogen-bond acceptors (Lipinski definition) is 8. The topological polar surface area (TPSA) is 124 Å². The molecule has 8 nitrogen and oxygen atoms in total. The van der Waals surface area contributed by atoms with Gasteiger partial charge in [-0.15, -0.1) is 0 Å². The molecule has 0 radical (unpaired) electrons. The minimum Gasteiger partial charge on any atom is -0.388 e. The standard InChI is InChI=1S/C28H53NO7/c1-7-16(3)21-12-11-17(4)26(34-21)36-25-19(10-9-13-29)14-18(5)24(23(25)31)35-27-22(30)20(8-2)28(6,32)15-33-27/h16-27,30-32H,7-15,29H2,1-6H3/t16?,17-,18-,19+,20-,21+,22-,23-,24?,25?,26?,27?,28+/m1/s1. The molecule has 3 rings (SSSR count). The van der Waals surface area contributed by atoms with E-state index in [4.69, 9.17) is 24.7 Å². The molecule has 2 heterocycles. The van der Waals surface area contributed by atoms with Gasteiger partial charge < -0.3 is 40.0 Å². The molecule has 8 heteroatoms. The molecule has 2 saturated heterocycles. The van der Waals surface area contributed by atoms with Crippen molar-refractivity contribution in [2.45, 2.75) is 135 Å². The highest BCUT2D eigenvalue weighted by molar-refractivity contribution is 4.96. The lowest BCUT2D eigenvalue weighted by Gasteiger charge is -2.49. The molecule has 0 aromatic carbocycles. The molecule has 5 N–H and O–H groups in total. The van der Waals surface area contributed by atoms with E-state index in [9.17, 15) is 15.3 Å². The number of aliphatic hydroxyl groups is 3. The third-order valence-electron chi connectivity index (χ3n) is 9.16. The molecule has 0 amide bonds. The lowest BCUT2D eigenvalue weighted by molar-refractivity contribution is -0.325. The Morgan fingerprint density at radius 3 is 2.36 bits per heavy atom. The Hall–Kier alpha value is -0.320. The van der Waals surface area contributed by atoms with Crippen LogP contribution >= 0.6 is 0 Å². The zero-order valence-corrected chi connectivity index (χ0v) is 23.3. The summed E-state index contributed by atoms with van der Waals surface area (Å²) < 4.78 is 25.1. The molecule has 1 saturated carbocycles. The van der Waals surface area contributed by atoms with Gasteiger partial charge in [-0.3, -0.25) is 0 Å². The van der Waals surface area contributed by atoms with Crippen molar-refractivity contribution in [1.82, 2.24) is 0 Å². The first-order valence-corrected chi connectivity index (χ1v) is 14.4. The van der Waals surface area contributed by atoms with E-state index in [1.54, 1.807) is 6.92 Å². The SMILES string of the molecule is CCC(C)[C@@H]1CC[C@@H](C)C(OC2[C@@H](CCCN)C[C@@H](C)C(OC3OC[C@](C)(O)[C@H](CC)[C@H]3O)[C@H]2O)O1. The highest BCUT2D eigenvalue weighted by atomic mass is 16.7. The lowest BCUT2D eigenvalue weighted by atomic mass is 9.74. The van der Waals surface area contributed by atoms with Crippen molar-refractivity contribution < 1.29 is 34.3 Å². The second kappa shape index (κ2) is 13.2. The molecule has 0 aromatic rings. The fourth-order valence-corrected chi connectivity index (χ4v) is 6.53. The van der Waals surface area contributed by atoms with Gasteiger partial charge in [0, 0.05) is 11.8 Å². The highest BCUT2D eigenvalue weighted by Crippen LogP contribution is 2.41. The molecule has 3 fully saturated rings. The largest absolute Gasteiger partial charge is 0.388 e. The Morgan fingerprint density at radius 1 is 1.03 bits per heavy atom. The minimum absolute atomic E-state index is 0.0403. The first kappa shape index (κ1) is 30.2. The Balaban J connectivity index is 1.75. The monoisotopic (exact) mass is 515 g/mol. The zero-order valence-electron chi connectivity index (χ0n) is 23.3. The number of ether oxygens (including phenoxy) is 4. The van der Waals surface area contributed by atoms with Gasteiger partial charge in [-0.05, 0) is 69.7 Å². The van der Waals surface area contributed by atoms with Crippen LogP contribution in [0.4, 0.5) is 0 Å². The predicted octanol–water partition coefficient (Wildman–Crippen LogP) is 3.19. The van der Waals surface area contributed by atoms with Crippen molar-refractivity contribution >= 4 is 0 Å². The summed E-state index contributed by atoms with van der Waals surface area (Å²) in [4.78, 5) is 0. The smallest absolute Gasteiger partial charge is 0.184 e. The fraction of sp³-hybridized carbons (Fsp3) is 1.00. The summed E-state index contributed by atoms with van der Waals surface area (Å²) in [5, 5.41) is 33.2. The second-order valence-electron chi connectivity index (χ2n) is 12.1. The number of aliphatic hydroxyl groups excluding tert-OH is 2. The highest BCUT2D eigenvalue weighted by Gasteiger charge is 2.50. The van der Waals surface area contributed by atoms with Crippen LogP contribution in [0.3, 0.4) is 0 Å². The van der Waals surface area contributed by atoms with E-state index in [1.807, 2.05) is 6.92 Å². The van der Waals surface area contributed by atoms with Gasteiger partial charge in [-0.25, -0.2) is 0 Å². The fourth-order valence-electron chi connectivity index (χ4n) is 6.53. The molecule has 0 spiro atoms. The number of rotatable bonds is 10. The molecule has 36 heavy (non-hydrogen) atoms. The van der Waals surface area contributed by atoms with Crippen molar-refractivity contribution in [3.8, 4) is 0 Å². The van der Waals surface area contributed by atoms with Gasteiger partial charge >= 0.3 is 0 Å². The van der Waals surface area contributed by atoms with Crippen LogP contribution in [0.1, 0.15) is 86.5 Å². The van der Waals surface area contributed by atoms with Crippen LogP contribution in [-0.4, -0.2) is 77.2 Å². The van der Waals surface area contributed by atoms with Crippen molar-refractivity contribution in [2.24, 2.45) is 35.3 Å². The summed E-state index contributed by atoms with van der Waals surface area (Å²) in [7, 11) is 0. The van der Waals surface area contributed by atoms with Crippen molar-refractivity contribution in [3.63, 3.8) is 0 Å². The normalized spacial score (nSPS) is 47.0. The summed E-state index contributed by atoms with van der Waals surface area (Å²) in [6, 6.07) is 0. The van der Waals surface area contributed by atoms with Crippen LogP contribution in [0.5, 0.6) is 0 Å². The average Bonchev–Trinajstić information content (AvgIpc) is 2.84. The van der Waals surface area contributed by atoms with Crippen molar-refractivity contribution in [2.75, 3.05) is 13.2 Å². The van der Waals surface area contributed by atoms with E-state index < -0.39 is 36.3 Å². The first-order valence-electron chi connectivity index (χ1n) is 14.4. The molecule has 3 aliphatic rings. The molecule has 0 aromatic heterocycles. The third-order valence-corrected chi connectivity index (χ3v) is 9.16. The molecular formula is C28H53NO7. The van der Waals surface area contributed by atoms with Gasteiger partial charge in [0.1, 0.15) is 12.2 Å². The summed E-state index contributed by atoms with van der Waals surface area (Å²) in [6.45, 7) is 12.9. The molecule has 212 valence electrons. The maximum atomic E-state index is 11.6. The van der Waals surface area contributed by atoms with E-state index in [2.05, 4.69) is 27.7 Å². The van der Waals surface area contributed by atoms with Gasteiger partial charge in [-0.2, -0.15) is 0 Å². The van der Waals surface area contributed by atoms with Gasteiger partial charge in [0.25, 0.3) is 0 Å². The third kappa shape index (κ3) is 6.81. The first-order chi connectivity index (χ1) is 17.0. The van der Waals surface area contributed by atoms with Crippen LogP contribution in [0.2, 0.25) is 0 Å². The van der Waals surface area contributed by atoms with Crippen LogP contribution in [0.15, 0.2) is 0 Å². The van der Waals surface area contributed by atoms with E-state index in [0.717, 1.165) is 38.5 Å². The maximum Gasteiger partial charge on any atom is 0.184 e. The van der Waals surface area contributed by atoms with Crippen molar-refractivity contribution in [1.29, 1.82) is 0 Å². The molecule has 1 aliphatic carbocycles. The van der Waals surface area contributed by atoms with Gasteiger partial charge in [0.2, 0.25) is 0 Å². The second-order valence-corrected chi connectivity index (χ2v) is 12.1. The van der Waals surface area contributed by atoms with Crippen molar-refractivity contribution in [3.05, 3.63) is 0 Å². The summed E-state index contributed by atoms with van der Waals surface area (Å²) >= 11 is 0. The van der Waals surface area contributed by atoms with Crippen LogP contribution in [0, 0.1) is 29.6 Å². The Kier molecular flexibility index (Phi) is 11.0. The predicted molar refractivity (Wildman–Crippen MR) is 138 cm³/mol. The van der Waals surface area contributed by atoms with E-state index >= 15 is 0 Å². The average molecular weight is 516 g/mol. The Labute approximate surface area is 218 Å². The molecule has 5 unspecified atom stereocenters. The van der Waals surface area contributed by atoms with E-state index in [0.29, 0.717) is 18.9 Å². The van der Waals surface area contributed by atoms with Gasteiger partial charge in [0.05, 0.1) is 30.5 Å². The minimum atomic E-state index is -1.12. The Morgan fingerprint density at radius 2 is 1.72 bits per heavy atom. The number of nitrogens with two attached hydrogens (primary N) is 1. The van der Waals surface area contributed by atoms with Crippen LogP contribution in [-0.2, 0) is 18.9 Å². The summed E-state index contributed by atoms with van der Waals surface area (Å²) in [5.41, 5.74) is 4.71. The van der Waals surface area contributed by atoms with Gasteiger partial charge in [0.15, 0.2) is 12.6 Å². The maximum absolute atomic E-state index is 11.6. The summed E-state index contributed by atoms with van der Waals surface area (Å²) in [6.07, 6.45) is 2.27. The van der Waals surface area contributed by atoms with Crippen LogP contribution < -0.4 is 5.73 Å². The number of hydrogen-bond donors (Lipinski definition) is 4. The van der Waals surface area contributed by atoms with E-state index in [1.165, 1.54) is 0 Å². The molecule has 2 aliphatic heterocycles. The van der Waals surface area contributed by atoms with Gasteiger partial charge in [-0.1, -0.05) is 41.0 Å². The van der Waals surface area contributed by atoms with E-state index in [-0.39, 0.29) is 42.7 Å². The molecule has 13 atom stereocenters. The van der Waals surface area contributed by atoms with Crippen LogP contribution in [0.25, 0.3) is 0 Å².